The number of hydrogen-bond donors (Lipinski definition) is 2. The molecule has 1 aromatic heterocycles. The Hall–Kier alpha value is -1.08. The fourth-order valence-electron chi connectivity index (χ4n) is 2.11. The van der Waals surface area contributed by atoms with Crippen LogP contribution in [0.2, 0.25) is 0 Å². The smallest absolute Gasteiger partial charge is 0.191 e. The topological polar surface area (TPSA) is 36.4 Å². The van der Waals surface area contributed by atoms with Gasteiger partial charge >= 0.3 is 0 Å². The highest BCUT2D eigenvalue weighted by Crippen LogP contribution is 2.06. The van der Waals surface area contributed by atoms with Gasteiger partial charge in [-0.05, 0) is 47.7 Å². The summed E-state index contributed by atoms with van der Waals surface area (Å²) < 4.78 is 0. The second-order valence-electron chi connectivity index (χ2n) is 5.13. The predicted molar refractivity (Wildman–Crippen MR) is 107 cm³/mol. The second-order valence-corrected chi connectivity index (χ2v) is 5.91. The summed E-state index contributed by atoms with van der Waals surface area (Å²) >= 11 is 1.72. The summed E-state index contributed by atoms with van der Waals surface area (Å²) in [4.78, 5) is 4.28. The van der Waals surface area contributed by atoms with Crippen molar-refractivity contribution in [2.24, 2.45) is 4.99 Å². The molecule has 22 heavy (non-hydrogen) atoms. The second kappa shape index (κ2) is 10.6. The molecule has 5 heteroatoms. The van der Waals surface area contributed by atoms with Gasteiger partial charge in [-0.15, -0.1) is 24.0 Å². The number of benzene rings is 1. The molecular formula is C17H24IN3S. The van der Waals surface area contributed by atoms with Crippen LogP contribution in [0.3, 0.4) is 0 Å². The summed E-state index contributed by atoms with van der Waals surface area (Å²) in [6.45, 7) is 3.01. The van der Waals surface area contributed by atoms with Gasteiger partial charge in [-0.2, -0.15) is 11.3 Å². The SMILES string of the molecule is CN=C(NCc1ccsc1)NC(C)CCc1ccccc1.I. The number of halogens is 1. The molecular weight excluding hydrogens is 405 g/mol. The van der Waals surface area contributed by atoms with Crippen LogP contribution in [0.5, 0.6) is 0 Å². The van der Waals surface area contributed by atoms with Crippen molar-refractivity contribution in [2.75, 3.05) is 7.05 Å². The number of hydrogen-bond acceptors (Lipinski definition) is 2. The monoisotopic (exact) mass is 429 g/mol. The first-order valence-corrected chi connectivity index (χ1v) is 8.24. The molecule has 0 saturated carbocycles. The van der Waals surface area contributed by atoms with Crippen LogP contribution < -0.4 is 10.6 Å². The summed E-state index contributed by atoms with van der Waals surface area (Å²) in [5.74, 6) is 0.863. The molecule has 0 spiro atoms. The number of rotatable bonds is 6. The Morgan fingerprint density at radius 3 is 2.59 bits per heavy atom. The number of aryl methyl sites for hydroxylation is 1. The van der Waals surface area contributed by atoms with Crippen LogP contribution in [0.15, 0.2) is 52.2 Å². The van der Waals surface area contributed by atoms with Crippen molar-refractivity contribution in [3.8, 4) is 0 Å². The van der Waals surface area contributed by atoms with Crippen LogP contribution in [0.25, 0.3) is 0 Å². The zero-order chi connectivity index (χ0) is 14.9. The third kappa shape index (κ3) is 6.79. The molecule has 0 radical (unpaired) electrons. The zero-order valence-corrected chi connectivity index (χ0v) is 16.2. The Kier molecular flexibility index (Phi) is 9.15. The minimum Gasteiger partial charge on any atom is -0.354 e. The molecule has 0 aliphatic heterocycles. The van der Waals surface area contributed by atoms with E-state index in [2.05, 4.69) is 69.7 Å². The van der Waals surface area contributed by atoms with Crippen LogP contribution in [0.1, 0.15) is 24.5 Å². The van der Waals surface area contributed by atoms with E-state index in [1.165, 1.54) is 11.1 Å². The van der Waals surface area contributed by atoms with Gasteiger partial charge in [0.2, 0.25) is 0 Å². The molecule has 1 atom stereocenters. The first-order chi connectivity index (χ1) is 10.3. The van der Waals surface area contributed by atoms with Crippen molar-refractivity contribution < 1.29 is 0 Å². The lowest BCUT2D eigenvalue weighted by atomic mass is 10.1. The molecule has 120 valence electrons. The number of thiophene rings is 1. The molecule has 0 saturated heterocycles. The molecule has 0 amide bonds. The molecule has 3 nitrogen and oxygen atoms in total. The Balaban J connectivity index is 0.00000242. The van der Waals surface area contributed by atoms with Crippen molar-refractivity contribution in [3.63, 3.8) is 0 Å². The highest BCUT2D eigenvalue weighted by atomic mass is 127. The van der Waals surface area contributed by atoms with E-state index in [-0.39, 0.29) is 24.0 Å². The van der Waals surface area contributed by atoms with Gasteiger partial charge in [0, 0.05) is 19.6 Å². The maximum atomic E-state index is 4.28. The largest absolute Gasteiger partial charge is 0.354 e. The van der Waals surface area contributed by atoms with E-state index < -0.39 is 0 Å². The van der Waals surface area contributed by atoms with Gasteiger partial charge in [-0.25, -0.2) is 0 Å². The van der Waals surface area contributed by atoms with Crippen LogP contribution in [-0.2, 0) is 13.0 Å². The summed E-state index contributed by atoms with van der Waals surface area (Å²) in [7, 11) is 1.81. The summed E-state index contributed by atoms with van der Waals surface area (Å²) in [6, 6.07) is 13.1. The Bertz CT molecular complexity index is 540. The maximum Gasteiger partial charge on any atom is 0.191 e. The van der Waals surface area contributed by atoms with Crippen LogP contribution >= 0.6 is 35.3 Å². The van der Waals surface area contributed by atoms with Gasteiger partial charge in [-0.3, -0.25) is 4.99 Å². The third-order valence-corrected chi connectivity index (χ3v) is 4.09. The molecule has 2 rings (SSSR count). The van der Waals surface area contributed by atoms with Gasteiger partial charge < -0.3 is 10.6 Å². The molecule has 0 aliphatic rings. The van der Waals surface area contributed by atoms with E-state index in [1.54, 1.807) is 11.3 Å². The molecule has 1 unspecified atom stereocenters. The first kappa shape index (κ1) is 19.0. The van der Waals surface area contributed by atoms with Gasteiger partial charge in [0.05, 0.1) is 0 Å². The van der Waals surface area contributed by atoms with E-state index in [9.17, 15) is 0 Å². The lowest BCUT2D eigenvalue weighted by Gasteiger charge is -2.17. The maximum absolute atomic E-state index is 4.28. The summed E-state index contributed by atoms with van der Waals surface area (Å²) in [5.41, 5.74) is 2.67. The fourth-order valence-corrected chi connectivity index (χ4v) is 2.78. The number of guanidine groups is 1. The predicted octanol–water partition coefficient (Wildman–Crippen LogP) is 4.05. The van der Waals surface area contributed by atoms with Crippen molar-refractivity contribution >= 4 is 41.3 Å². The average molecular weight is 429 g/mol. The van der Waals surface area contributed by atoms with Gasteiger partial charge in [-0.1, -0.05) is 30.3 Å². The number of nitrogens with zero attached hydrogens (tertiary/aromatic N) is 1. The minimum atomic E-state index is 0. The lowest BCUT2D eigenvalue weighted by Crippen LogP contribution is -2.42. The van der Waals surface area contributed by atoms with Crippen molar-refractivity contribution in [2.45, 2.75) is 32.4 Å². The molecule has 0 bridgehead atoms. The first-order valence-electron chi connectivity index (χ1n) is 7.30. The minimum absolute atomic E-state index is 0. The van der Waals surface area contributed by atoms with Gasteiger partial charge in [0.15, 0.2) is 5.96 Å². The molecule has 2 N–H and O–H groups in total. The quantitative estimate of drug-likeness (QED) is 0.413. The zero-order valence-electron chi connectivity index (χ0n) is 13.1. The van der Waals surface area contributed by atoms with E-state index in [0.717, 1.165) is 25.3 Å². The lowest BCUT2D eigenvalue weighted by molar-refractivity contribution is 0.593. The van der Waals surface area contributed by atoms with E-state index in [0.29, 0.717) is 6.04 Å². The Labute approximate surface area is 154 Å². The van der Waals surface area contributed by atoms with Crippen LogP contribution in [0.4, 0.5) is 0 Å². The van der Waals surface area contributed by atoms with E-state index in [1.807, 2.05) is 7.05 Å². The number of nitrogens with one attached hydrogen (secondary N) is 2. The summed E-state index contributed by atoms with van der Waals surface area (Å²) in [6.07, 6.45) is 2.17. The van der Waals surface area contributed by atoms with Crippen molar-refractivity contribution in [1.82, 2.24) is 10.6 Å². The standard InChI is InChI=1S/C17H23N3S.HI/c1-14(8-9-15-6-4-3-5-7-15)20-17(18-2)19-12-16-10-11-21-13-16;/h3-7,10-11,13-14H,8-9,12H2,1-2H3,(H2,18,19,20);1H. The molecule has 0 aliphatic carbocycles. The van der Waals surface area contributed by atoms with Crippen molar-refractivity contribution in [3.05, 3.63) is 58.3 Å². The average Bonchev–Trinajstić information content (AvgIpc) is 3.04. The van der Waals surface area contributed by atoms with Crippen LogP contribution in [-0.4, -0.2) is 19.0 Å². The van der Waals surface area contributed by atoms with Gasteiger partial charge in [0.25, 0.3) is 0 Å². The number of aliphatic imine (C=N–C) groups is 1. The fraction of sp³-hybridized carbons (Fsp3) is 0.353. The normalized spacial score (nSPS) is 12.4. The molecule has 1 heterocycles. The molecule has 2 aromatic rings. The van der Waals surface area contributed by atoms with E-state index >= 15 is 0 Å². The summed E-state index contributed by atoms with van der Waals surface area (Å²) in [5, 5.41) is 11.0. The Morgan fingerprint density at radius 2 is 1.95 bits per heavy atom. The van der Waals surface area contributed by atoms with Crippen LogP contribution in [0, 0.1) is 0 Å². The highest BCUT2D eigenvalue weighted by molar-refractivity contribution is 14.0. The molecule has 0 fully saturated rings. The van der Waals surface area contributed by atoms with Crippen molar-refractivity contribution in [1.29, 1.82) is 0 Å². The molecule has 1 aromatic carbocycles. The third-order valence-electron chi connectivity index (χ3n) is 3.36. The Morgan fingerprint density at radius 1 is 1.18 bits per heavy atom. The van der Waals surface area contributed by atoms with E-state index in [4.69, 9.17) is 0 Å². The van der Waals surface area contributed by atoms with Gasteiger partial charge in [0.1, 0.15) is 0 Å². The highest BCUT2D eigenvalue weighted by Gasteiger charge is 2.05.